The van der Waals surface area contributed by atoms with Gasteiger partial charge in [0.2, 0.25) is 0 Å². The van der Waals surface area contributed by atoms with Crippen molar-refractivity contribution in [1.29, 1.82) is 0 Å². The van der Waals surface area contributed by atoms with Crippen LogP contribution in [0.2, 0.25) is 0 Å². The maximum Gasteiger partial charge on any atom is 0.119 e. The van der Waals surface area contributed by atoms with E-state index in [-0.39, 0.29) is 0 Å². The summed E-state index contributed by atoms with van der Waals surface area (Å²) in [6.07, 6.45) is 1.14. The molecule has 0 amide bonds. The van der Waals surface area contributed by atoms with E-state index < -0.39 is 0 Å². The Morgan fingerprint density at radius 2 is 2.29 bits per heavy atom. The highest BCUT2D eigenvalue weighted by Gasteiger charge is 2.24. The van der Waals surface area contributed by atoms with Gasteiger partial charge in [-0.25, -0.2) is 0 Å². The summed E-state index contributed by atoms with van der Waals surface area (Å²) in [5.41, 5.74) is 1.29. The van der Waals surface area contributed by atoms with Crippen LogP contribution in [0.5, 0.6) is 5.75 Å². The van der Waals surface area contributed by atoms with Gasteiger partial charge in [0.15, 0.2) is 0 Å². The molecule has 118 valence electrons. The molecule has 1 aliphatic rings. The number of likely N-dealkylation sites (N-methyl/N-ethyl adjacent to an activating group) is 1. The summed E-state index contributed by atoms with van der Waals surface area (Å²) in [5.74, 6) is 0.921. The number of morpholine rings is 1. The number of rotatable bonds is 7. The van der Waals surface area contributed by atoms with Crippen molar-refractivity contribution < 1.29 is 9.47 Å². The molecule has 0 saturated carbocycles. The maximum atomic E-state index is 5.60. The Balaban J connectivity index is 2.10. The number of hydrogen-bond acceptors (Lipinski definition) is 4. The van der Waals surface area contributed by atoms with E-state index in [4.69, 9.17) is 9.47 Å². The van der Waals surface area contributed by atoms with Crippen LogP contribution >= 0.6 is 0 Å². The van der Waals surface area contributed by atoms with Crippen LogP contribution < -0.4 is 10.1 Å². The summed E-state index contributed by atoms with van der Waals surface area (Å²) >= 11 is 0. The molecule has 2 unspecified atom stereocenters. The van der Waals surface area contributed by atoms with Crippen LogP contribution in [0.25, 0.3) is 0 Å². The fourth-order valence-corrected chi connectivity index (χ4v) is 2.93. The topological polar surface area (TPSA) is 33.7 Å². The van der Waals surface area contributed by atoms with Gasteiger partial charge in [-0.05, 0) is 30.7 Å². The molecule has 2 atom stereocenters. The van der Waals surface area contributed by atoms with Crippen molar-refractivity contribution in [3.63, 3.8) is 0 Å². The first-order valence-electron chi connectivity index (χ1n) is 7.97. The summed E-state index contributed by atoms with van der Waals surface area (Å²) < 4.78 is 11.0. The number of methoxy groups -OCH3 is 1. The Hall–Kier alpha value is -1.10. The van der Waals surface area contributed by atoms with E-state index in [9.17, 15) is 0 Å². The molecule has 1 aromatic rings. The minimum absolute atomic E-state index is 0.331. The standard InChI is InChI=1S/C17H28N2O2/c1-4-15-13-21-10-9-19(15)12-17(18-5-2)14-7-6-8-16(11-14)20-3/h6-8,11,15,17-18H,4-5,9-10,12-13H2,1-3H3. The molecule has 21 heavy (non-hydrogen) atoms. The Morgan fingerprint density at radius 3 is 3.00 bits per heavy atom. The molecule has 0 aromatic heterocycles. The lowest BCUT2D eigenvalue weighted by Crippen LogP contribution is -2.48. The van der Waals surface area contributed by atoms with Crippen LogP contribution in [0, 0.1) is 0 Å². The van der Waals surface area contributed by atoms with E-state index in [1.165, 1.54) is 5.56 Å². The van der Waals surface area contributed by atoms with Gasteiger partial charge in [0.05, 0.1) is 20.3 Å². The average molecular weight is 292 g/mol. The van der Waals surface area contributed by atoms with Gasteiger partial charge < -0.3 is 14.8 Å². The van der Waals surface area contributed by atoms with E-state index >= 15 is 0 Å². The summed E-state index contributed by atoms with van der Waals surface area (Å²) in [6.45, 7) is 9.08. The van der Waals surface area contributed by atoms with Gasteiger partial charge in [-0.2, -0.15) is 0 Å². The molecule has 1 N–H and O–H groups in total. The molecule has 4 heteroatoms. The third-order valence-corrected chi connectivity index (χ3v) is 4.18. The largest absolute Gasteiger partial charge is 0.497 e. The second-order valence-corrected chi connectivity index (χ2v) is 5.52. The van der Waals surface area contributed by atoms with Gasteiger partial charge in [-0.3, -0.25) is 4.90 Å². The molecular weight excluding hydrogens is 264 g/mol. The first-order valence-corrected chi connectivity index (χ1v) is 7.97. The molecule has 1 saturated heterocycles. The fourth-order valence-electron chi connectivity index (χ4n) is 2.93. The Morgan fingerprint density at radius 1 is 1.43 bits per heavy atom. The van der Waals surface area contributed by atoms with E-state index in [1.807, 2.05) is 6.07 Å². The lowest BCUT2D eigenvalue weighted by molar-refractivity contribution is -0.0126. The van der Waals surface area contributed by atoms with Crippen LogP contribution in [0.1, 0.15) is 31.9 Å². The van der Waals surface area contributed by atoms with Gasteiger partial charge >= 0.3 is 0 Å². The normalized spacial score (nSPS) is 21.2. The van der Waals surface area contributed by atoms with Crippen LogP contribution in [-0.2, 0) is 4.74 Å². The number of nitrogens with zero attached hydrogens (tertiary/aromatic N) is 1. The maximum absolute atomic E-state index is 5.60. The molecule has 0 spiro atoms. The summed E-state index contributed by atoms with van der Waals surface area (Å²) in [4.78, 5) is 2.55. The molecule has 1 aromatic carbocycles. The minimum Gasteiger partial charge on any atom is -0.497 e. The predicted molar refractivity (Wildman–Crippen MR) is 85.9 cm³/mol. The lowest BCUT2D eigenvalue weighted by Gasteiger charge is -2.37. The quantitative estimate of drug-likeness (QED) is 0.837. The minimum atomic E-state index is 0.331. The summed E-state index contributed by atoms with van der Waals surface area (Å²) in [5, 5.41) is 3.60. The lowest BCUT2D eigenvalue weighted by atomic mass is 10.0. The zero-order valence-corrected chi connectivity index (χ0v) is 13.5. The van der Waals surface area contributed by atoms with Crippen LogP contribution in [0.3, 0.4) is 0 Å². The first-order chi connectivity index (χ1) is 10.3. The van der Waals surface area contributed by atoms with Gasteiger partial charge in [-0.15, -0.1) is 0 Å². The second-order valence-electron chi connectivity index (χ2n) is 5.52. The average Bonchev–Trinajstić information content (AvgIpc) is 2.55. The van der Waals surface area contributed by atoms with Crippen molar-refractivity contribution in [1.82, 2.24) is 10.2 Å². The molecule has 0 aliphatic carbocycles. The van der Waals surface area contributed by atoms with Gasteiger partial charge in [0.1, 0.15) is 5.75 Å². The zero-order valence-electron chi connectivity index (χ0n) is 13.5. The number of nitrogens with one attached hydrogen (secondary N) is 1. The fraction of sp³-hybridized carbons (Fsp3) is 0.647. The van der Waals surface area contributed by atoms with Crippen LogP contribution in [0.15, 0.2) is 24.3 Å². The molecule has 2 rings (SSSR count). The Bertz CT molecular complexity index is 425. The van der Waals surface area contributed by atoms with Gasteiger partial charge in [-0.1, -0.05) is 26.0 Å². The molecule has 0 radical (unpaired) electrons. The van der Waals surface area contributed by atoms with Crippen LogP contribution in [0.4, 0.5) is 0 Å². The number of benzene rings is 1. The zero-order chi connectivity index (χ0) is 15.1. The predicted octanol–water partition coefficient (Wildman–Crippen LogP) is 2.46. The molecule has 1 aliphatic heterocycles. The number of hydrogen-bond donors (Lipinski definition) is 1. The van der Waals surface area contributed by atoms with Crippen molar-refractivity contribution in [2.24, 2.45) is 0 Å². The SMILES string of the molecule is CCNC(CN1CCOCC1CC)c1cccc(OC)c1. The third-order valence-electron chi connectivity index (χ3n) is 4.18. The highest BCUT2D eigenvalue weighted by atomic mass is 16.5. The van der Waals surface area contributed by atoms with Crippen molar-refractivity contribution in [2.45, 2.75) is 32.4 Å². The van der Waals surface area contributed by atoms with Crippen LogP contribution in [-0.4, -0.2) is 50.9 Å². The van der Waals surface area contributed by atoms with Gasteiger partial charge in [0, 0.05) is 25.2 Å². The van der Waals surface area contributed by atoms with E-state index in [0.717, 1.165) is 45.0 Å². The summed E-state index contributed by atoms with van der Waals surface area (Å²) in [7, 11) is 1.72. The Kier molecular flexibility index (Phi) is 6.49. The van der Waals surface area contributed by atoms with Gasteiger partial charge in [0.25, 0.3) is 0 Å². The monoisotopic (exact) mass is 292 g/mol. The first kappa shape index (κ1) is 16.3. The molecular formula is C17H28N2O2. The van der Waals surface area contributed by atoms with E-state index in [1.54, 1.807) is 7.11 Å². The van der Waals surface area contributed by atoms with E-state index in [2.05, 4.69) is 42.3 Å². The highest BCUT2D eigenvalue weighted by Crippen LogP contribution is 2.22. The second kappa shape index (κ2) is 8.37. The highest BCUT2D eigenvalue weighted by molar-refractivity contribution is 5.30. The number of ether oxygens (including phenoxy) is 2. The summed E-state index contributed by atoms with van der Waals surface area (Å²) in [6, 6.07) is 9.24. The van der Waals surface area contributed by atoms with Crippen molar-refractivity contribution in [3.8, 4) is 5.75 Å². The Labute approximate surface area is 128 Å². The van der Waals surface area contributed by atoms with E-state index in [0.29, 0.717) is 12.1 Å². The third kappa shape index (κ3) is 4.43. The molecule has 1 heterocycles. The smallest absolute Gasteiger partial charge is 0.119 e. The van der Waals surface area contributed by atoms with Crippen molar-refractivity contribution in [2.75, 3.05) is 40.0 Å². The van der Waals surface area contributed by atoms with Crippen molar-refractivity contribution >= 4 is 0 Å². The molecule has 0 bridgehead atoms. The molecule has 4 nitrogen and oxygen atoms in total. The van der Waals surface area contributed by atoms with Crippen molar-refractivity contribution in [3.05, 3.63) is 29.8 Å². The molecule has 1 fully saturated rings.